The van der Waals surface area contributed by atoms with Gasteiger partial charge >= 0.3 is 11.8 Å². The van der Waals surface area contributed by atoms with Crippen molar-refractivity contribution in [3.63, 3.8) is 0 Å². The van der Waals surface area contributed by atoms with Crippen LogP contribution >= 0.6 is 0 Å². The number of aryl methyl sites for hydroxylation is 1. The van der Waals surface area contributed by atoms with Gasteiger partial charge in [-0.05, 0) is 43.0 Å². The Bertz CT molecular complexity index is 713. The number of pyridine rings is 1. The summed E-state index contributed by atoms with van der Waals surface area (Å²) in [7, 11) is 0. The predicted molar refractivity (Wildman–Crippen MR) is 91.4 cm³/mol. The Balaban J connectivity index is 2.08. The molecule has 5 nitrogen and oxygen atoms in total. The minimum atomic E-state index is -0.734. The fraction of sp³-hybridized carbons (Fsp3) is 0.278. The largest absolute Gasteiger partial charge is 0.318 e. The van der Waals surface area contributed by atoms with Gasteiger partial charge in [-0.2, -0.15) is 0 Å². The highest BCUT2D eigenvalue weighted by Gasteiger charge is 2.17. The van der Waals surface area contributed by atoms with E-state index in [0.29, 0.717) is 17.4 Å². The molecule has 0 spiro atoms. The fourth-order valence-corrected chi connectivity index (χ4v) is 2.23. The van der Waals surface area contributed by atoms with Gasteiger partial charge in [0.05, 0.1) is 0 Å². The summed E-state index contributed by atoms with van der Waals surface area (Å²) in [4.78, 5) is 28.3. The molecule has 0 saturated heterocycles. The van der Waals surface area contributed by atoms with Gasteiger partial charge in [-0.3, -0.25) is 9.59 Å². The first-order valence-electron chi connectivity index (χ1n) is 7.66. The van der Waals surface area contributed by atoms with E-state index in [-0.39, 0.29) is 0 Å². The lowest BCUT2D eigenvalue weighted by Gasteiger charge is -2.15. The van der Waals surface area contributed by atoms with E-state index in [2.05, 4.69) is 29.5 Å². The molecule has 0 aliphatic carbocycles. The number of hydrogen-bond donors (Lipinski definition) is 2. The summed E-state index contributed by atoms with van der Waals surface area (Å²) >= 11 is 0. The van der Waals surface area contributed by atoms with Gasteiger partial charge in [0.15, 0.2) is 0 Å². The van der Waals surface area contributed by atoms with Crippen LogP contribution in [0.5, 0.6) is 0 Å². The Morgan fingerprint density at radius 3 is 2.43 bits per heavy atom. The first-order valence-corrected chi connectivity index (χ1v) is 7.66. The molecule has 0 fully saturated rings. The molecule has 2 N–H and O–H groups in total. The number of nitrogens with one attached hydrogen (secondary N) is 2. The zero-order valence-corrected chi connectivity index (χ0v) is 13.6. The topological polar surface area (TPSA) is 71.1 Å². The van der Waals surface area contributed by atoms with Crippen molar-refractivity contribution in [3.8, 4) is 0 Å². The van der Waals surface area contributed by atoms with E-state index >= 15 is 0 Å². The van der Waals surface area contributed by atoms with Crippen LogP contribution in [0.15, 0.2) is 42.5 Å². The molecule has 23 heavy (non-hydrogen) atoms. The molecule has 0 aliphatic heterocycles. The highest BCUT2D eigenvalue weighted by atomic mass is 16.2. The van der Waals surface area contributed by atoms with Gasteiger partial charge < -0.3 is 10.6 Å². The van der Waals surface area contributed by atoms with E-state index in [4.69, 9.17) is 0 Å². The third-order valence-electron chi connectivity index (χ3n) is 3.69. The molecule has 0 aliphatic rings. The molecular formula is C18H21N3O2. The molecule has 0 radical (unpaired) electrons. The van der Waals surface area contributed by atoms with Crippen LogP contribution in [-0.4, -0.2) is 16.8 Å². The van der Waals surface area contributed by atoms with E-state index in [1.54, 1.807) is 18.2 Å². The molecule has 2 aromatic rings. The Morgan fingerprint density at radius 1 is 1.04 bits per heavy atom. The molecule has 1 heterocycles. The van der Waals surface area contributed by atoms with Gasteiger partial charge in [-0.25, -0.2) is 4.98 Å². The summed E-state index contributed by atoms with van der Waals surface area (Å²) in [6.07, 6.45) is 0.951. The highest BCUT2D eigenvalue weighted by molar-refractivity contribution is 6.43. The minimum absolute atomic E-state index is 0.299. The van der Waals surface area contributed by atoms with Gasteiger partial charge in [-0.1, -0.05) is 38.1 Å². The molecule has 0 saturated carbocycles. The Hall–Kier alpha value is -2.69. The maximum Gasteiger partial charge on any atom is 0.315 e. The Morgan fingerprint density at radius 2 is 1.74 bits per heavy atom. The van der Waals surface area contributed by atoms with Crippen molar-refractivity contribution in [2.75, 3.05) is 10.6 Å². The summed E-state index contributed by atoms with van der Waals surface area (Å²) in [5.74, 6) is -0.778. The first kappa shape index (κ1) is 16.7. The van der Waals surface area contributed by atoms with Gasteiger partial charge in [0.25, 0.3) is 0 Å². The van der Waals surface area contributed by atoms with Crippen LogP contribution < -0.4 is 10.6 Å². The molecule has 2 amide bonds. The number of hydrogen-bond acceptors (Lipinski definition) is 3. The second-order valence-electron chi connectivity index (χ2n) is 5.47. The summed E-state index contributed by atoms with van der Waals surface area (Å²) in [6, 6.07) is 12.8. The third-order valence-corrected chi connectivity index (χ3v) is 3.69. The molecule has 5 heteroatoms. The van der Waals surface area contributed by atoms with Crippen LogP contribution in [0.3, 0.4) is 0 Å². The van der Waals surface area contributed by atoms with Crippen molar-refractivity contribution in [2.45, 2.75) is 33.1 Å². The molecule has 1 aromatic heterocycles. The Labute approximate surface area is 136 Å². The van der Waals surface area contributed by atoms with Crippen LogP contribution in [0.2, 0.25) is 0 Å². The summed E-state index contributed by atoms with van der Waals surface area (Å²) in [6.45, 7) is 5.99. The van der Waals surface area contributed by atoms with Crippen LogP contribution in [0.1, 0.15) is 37.4 Å². The first-order chi connectivity index (χ1) is 11.0. The van der Waals surface area contributed by atoms with Gasteiger partial charge in [0.2, 0.25) is 0 Å². The van der Waals surface area contributed by atoms with Crippen LogP contribution in [0.25, 0.3) is 0 Å². The number of nitrogens with zero attached hydrogens (tertiary/aromatic N) is 1. The maximum atomic E-state index is 12.1. The molecule has 1 aromatic carbocycles. The zero-order chi connectivity index (χ0) is 16.8. The average Bonchev–Trinajstić information content (AvgIpc) is 2.54. The number of benzene rings is 1. The lowest BCUT2D eigenvalue weighted by atomic mass is 9.97. The van der Waals surface area contributed by atoms with E-state index in [9.17, 15) is 9.59 Å². The van der Waals surface area contributed by atoms with Crippen molar-refractivity contribution < 1.29 is 9.59 Å². The Kier molecular flexibility index (Phi) is 5.46. The third kappa shape index (κ3) is 4.39. The summed E-state index contributed by atoms with van der Waals surface area (Å²) in [5, 5.41) is 5.18. The number of carbonyl (C=O) groups excluding carboxylic acids is 2. The maximum absolute atomic E-state index is 12.1. The molecular weight excluding hydrogens is 290 g/mol. The second-order valence-corrected chi connectivity index (χ2v) is 5.47. The predicted octanol–water partition coefficient (Wildman–Crippen LogP) is 3.48. The van der Waals surface area contributed by atoms with Crippen molar-refractivity contribution in [1.29, 1.82) is 0 Å². The standard InChI is InChI=1S/C18H21N3O2/c1-4-12(2)14-9-5-6-10-15(14)20-17(22)18(23)21-16-11-7-8-13(3)19-16/h5-12H,4H2,1-3H3,(H,20,22)(H,19,21,23). The van der Waals surface area contributed by atoms with Crippen LogP contribution in [0, 0.1) is 6.92 Å². The zero-order valence-electron chi connectivity index (χ0n) is 13.6. The molecule has 2 rings (SSSR count). The SMILES string of the molecule is CCC(C)c1ccccc1NC(=O)C(=O)Nc1cccc(C)n1. The quantitative estimate of drug-likeness (QED) is 0.849. The summed E-state index contributed by atoms with van der Waals surface area (Å²) < 4.78 is 0. The van der Waals surface area contributed by atoms with E-state index in [1.807, 2.05) is 31.2 Å². The molecule has 120 valence electrons. The molecule has 1 unspecified atom stereocenters. The van der Waals surface area contributed by atoms with Gasteiger partial charge in [0.1, 0.15) is 5.82 Å². The number of para-hydroxylation sites is 1. The minimum Gasteiger partial charge on any atom is -0.318 e. The number of rotatable bonds is 4. The lowest BCUT2D eigenvalue weighted by Crippen LogP contribution is -2.29. The number of amides is 2. The van der Waals surface area contributed by atoms with Crippen molar-refractivity contribution in [1.82, 2.24) is 4.98 Å². The number of aromatic nitrogens is 1. The monoisotopic (exact) mass is 311 g/mol. The van der Waals surface area contributed by atoms with E-state index < -0.39 is 11.8 Å². The van der Waals surface area contributed by atoms with Crippen molar-refractivity contribution >= 4 is 23.3 Å². The number of carbonyl (C=O) groups is 2. The van der Waals surface area contributed by atoms with Crippen LogP contribution in [0.4, 0.5) is 11.5 Å². The smallest absolute Gasteiger partial charge is 0.315 e. The number of anilines is 2. The second kappa shape index (κ2) is 7.54. The normalized spacial score (nSPS) is 11.6. The van der Waals surface area contributed by atoms with Crippen molar-refractivity contribution in [3.05, 3.63) is 53.7 Å². The van der Waals surface area contributed by atoms with E-state index in [1.165, 1.54) is 0 Å². The van der Waals surface area contributed by atoms with Gasteiger partial charge in [0, 0.05) is 11.4 Å². The van der Waals surface area contributed by atoms with E-state index in [0.717, 1.165) is 17.7 Å². The average molecular weight is 311 g/mol. The fourth-order valence-electron chi connectivity index (χ4n) is 2.23. The summed E-state index contributed by atoms with van der Waals surface area (Å²) in [5.41, 5.74) is 2.45. The molecule has 0 bridgehead atoms. The van der Waals surface area contributed by atoms with Crippen LogP contribution in [-0.2, 0) is 9.59 Å². The molecule has 1 atom stereocenters. The van der Waals surface area contributed by atoms with Crippen molar-refractivity contribution in [2.24, 2.45) is 0 Å². The van der Waals surface area contributed by atoms with Gasteiger partial charge in [-0.15, -0.1) is 0 Å². The lowest BCUT2D eigenvalue weighted by molar-refractivity contribution is -0.133. The highest BCUT2D eigenvalue weighted by Crippen LogP contribution is 2.26.